The van der Waals surface area contributed by atoms with Crippen LogP contribution in [0, 0.1) is 13.1 Å². The maximum atomic E-state index is 14.1. The second-order valence-corrected chi connectivity index (χ2v) is 23.7. The normalized spacial score (nSPS) is 11.1. The molecule has 0 amide bonds. The minimum Gasteiger partial charge on any atom is -0.457 e. The second kappa shape index (κ2) is 27.4. The third-order valence-electron chi connectivity index (χ3n) is 17.4. The summed E-state index contributed by atoms with van der Waals surface area (Å²) in [5.41, 5.74) is 11.7. The molecule has 0 radical (unpaired) electrons. The molecule has 0 unspecified atom stereocenters. The SMILES string of the molecule is [C-]#[N+]c1ccc(-c2nc(-c3ccccc3)nc(-c3ccc(-c4ccccc4[N+]#[C-])cc3-n3c4ccc(C(=O)OCc5ccccc5)cc4c4cc(C(=O)OCc5ccccc5)ccc43)n2)c(-n2c3ccc(C(=O)OCc4ccccc4)cc3c3cc(C(=O)OCc4ccccc4)ccc32)c1. The molecular formula is C85H55N7O8. The molecule has 0 N–H and O–H groups in total. The first-order chi connectivity index (χ1) is 49.1. The number of para-hydroxylation sites is 1. The van der Waals surface area contributed by atoms with E-state index in [1.54, 1.807) is 66.7 Å². The Labute approximate surface area is 573 Å². The molecule has 478 valence electrons. The molecule has 0 saturated carbocycles. The van der Waals surface area contributed by atoms with Crippen LogP contribution in [0.25, 0.3) is 110 Å². The van der Waals surface area contributed by atoms with Gasteiger partial charge in [-0.05, 0) is 124 Å². The van der Waals surface area contributed by atoms with Crippen molar-refractivity contribution in [1.29, 1.82) is 0 Å². The van der Waals surface area contributed by atoms with Crippen LogP contribution in [0.3, 0.4) is 0 Å². The molecule has 15 nitrogen and oxygen atoms in total. The van der Waals surface area contributed by atoms with Crippen molar-refractivity contribution >= 4 is 78.9 Å². The summed E-state index contributed by atoms with van der Waals surface area (Å²) in [5, 5.41) is 2.43. The molecule has 0 atom stereocenters. The van der Waals surface area contributed by atoms with Crippen molar-refractivity contribution in [3.05, 3.63) is 352 Å². The fourth-order valence-corrected chi connectivity index (χ4v) is 12.5. The Kier molecular flexibility index (Phi) is 17.1. The molecule has 3 heterocycles. The minimum atomic E-state index is -0.552. The van der Waals surface area contributed by atoms with Crippen molar-refractivity contribution in [3.63, 3.8) is 0 Å². The molecule has 0 bridgehead atoms. The van der Waals surface area contributed by atoms with E-state index in [0.717, 1.165) is 22.3 Å². The van der Waals surface area contributed by atoms with Gasteiger partial charge in [-0.1, -0.05) is 194 Å². The number of rotatable bonds is 18. The number of hydrogen-bond donors (Lipinski definition) is 0. The van der Waals surface area contributed by atoms with Gasteiger partial charge in [-0.3, -0.25) is 0 Å². The average molecular weight is 1300 g/mol. The lowest BCUT2D eigenvalue weighted by Crippen LogP contribution is -2.07. The highest BCUT2D eigenvalue weighted by Crippen LogP contribution is 2.43. The summed E-state index contributed by atoms with van der Waals surface area (Å²) in [6, 6.07) is 86.9. The van der Waals surface area contributed by atoms with Gasteiger partial charge in [0, 0.05) is 43.9 Å². The van der Waals surface area contributed by atoms with Gasteiger partial charge in [-0.25, -0.2) is 43.8 Å². The van der Waals surface area contributed by atoms with Gasteiger partial charge >= 0.3 is 23.9 Å². The molecule has 15 heteroatoms. The number of fused-ring (bicyclic) bond motifs is 6. The number of esters is 4. The van der Waals surface area contributed by atoms with E-state index >= 15 is 0 Å². The lowest BCUT2D eigenvalue weighted by Gasteiger charge is -2.18. The van der Waals surface area contributed by atoms with Crippen molar-refractivity contribution in [1.82, 2.24) is 24.1 Å². The second-order valence-electron chi connectivity index (χ2n) is 23.7. The van der Waals surface area contributed by atoms with E-state index in [1.165, 1.54) is 0 Å². The lowest BCUT2D eigenvalue weighted by molar-refractivity contribution is 0.0464. The number of benzene rings is 12. The third-order valence-corrected chi connectivity index (χ3v) is 17.4. The highest BCUT2D eigenvalue weighted by Gasteiger charge is 2.27. The fourth-order valence-electron chi connectivity index (χ4n) is 12.5. The predicted octanol–water partition coefficient (Wildman–Crippen LogP) is 19.3. The zero-order valence-corrected chi connectivity index (χ0v) is 53.4. The van der Waals surface area contributed by atoms with Crippen LogP contribution in [0.5, 0.6) is 0 Å². The Morgan fingerprint density at radius 1 is 0.310 bits per heavy atom. The van der Waals surface area contributed by atoms with E-state index < -0.39 is 23.9 Å². The number of nitrogens with zero attached hydrogens (tertiary/aromatic N) is 7. The monoisotopic (exact) mass is 1300 g/mol. The van der Waals surface area contributed by atoms with Gasteiger partial charge < -0.3 is 28.1 Å². The summed E-state index contributed by atoms with van der Waals surface area (Å²) in [7, 11) is 0. The fraction of sp³-hybridized carbons (Fsp3) is 0.0471. The van der Waals surface area contributed by atoms with Gasteiger partial charge in [0.25, 0.3) is 0 Å². The van der Waals surface area contributed by atoms with Crippen LogP contribution in [0.1, 0.15) is 63.7 Å². The number of hydrogen-bond acceptors (Lipinski definition) is 11. The van der Waals surface area contributed by atoms with Gasteiger partial charge in [-0.15, -0.1) is 0 Å². The standard InChI is InChI=1S/C85H55N7O8/c1-86-64-37-39-67(78(49-64)92-75-42-35-62(84(95)99-52-56-24-12-5-13-25-56)46-70(75)71-47-63(36-43-76(71)92)85(96)100-53-57-26-14-6-15-27-57)81-89-79(58-28-16-7-17-29-58)88-80(90-81)66-38-32-59(65-30-18-19-31-72(65)87-2)48-77(66)91-73-40-33-60(82(93)97-50-54-20-8-3-9-21-54)44-68(73)69-45-61(34-41-74(69)91)83(94)98-51-55-22-10-4-11-23-55/h3-49H,50-53H2. The summed E-state index contributed by atoms with van der Waals surface area (Å²) >= 11 is 0. The summed E-state index contributed by atoms with van der Waals surface area (Å²) < 4.78 is 27.5. The van der Waals surface area contributed by atoms with Crippen molar-refractivity contribution in [2.45, 2.75) is 26.4 Å². The van der Waals surface area contributed by atoms with Crippen LogP contribution in [-0.4, -0.2) is 48.0 Å². The molecule has 3 aromatic heterocycles. The highest BCUT2D eigenvalue weighted by molar-refractivity contribution is 6.15. The first kappa shape index (κ1) is 62.2. The first-order valence-electron chi connectivity index (χ1n) is 32.1. The molecule has 15 aromatic rings. The van der Waals surface area contributed by atoms with Gasteiger partial charge in [0.2, 0.25) is 0 Å². The van der Waals surface area contributed by atoms with Crippen molar-refractivity contribution in [2.24, 2.45) is 0 Å². The van der Waals surface area contributed by atoms with Crippen molar-refractivity contribution < 1.29 is 38.1 Å². The van der Waals surface area contributed by atoms with E-state index in [0.29, 0.717) is 100 Å². The van der Waals surface area contributed by atoms with Crippen LogP contribution in [0.2, 0.25) is 0 Å². The van der Waals surface area contributed by atoms with E-state index in [2.05, 4.69) is 9.69 Å². The van der Waals surface area contributed by atoms with Crippen LogP contribution in [-0.2, 0) is 45.4 Å². The topological polar surface area (TPSA) is 162 Å². The molecule has 0 aliphatic rings. The van der Waals surface area contributed by atoms with Gasteiger partial charge in [0.05, 0.1) is 63.2 Å². The molecule has 100 heavy (non-hydrogen) atoms. The molecule has 12 aromatic carbocycles. The van der Waals surface area contributed by atoms with E-state index in [-0.39, 0.29) is 60.3 Å². The van der Waals surface area contributed by atoms with Crippen LogP contribution in [0.4, 0.5) is 11.4 Å². The number of aromatic nitrogens is 5. The quantitative estimate of drug-likeness (QED) is 0.0456. The lowest BCUT2D eigenvalue weighted by atomic mass is 10.00. The smallest absolute Gasteiger partial charge is 0.338 e. The summed E-state index contributed by atoms with van der Waals surface area (Å²) in [6.07, 6.45) is 0. The minimum absolute atomic E-state index is 0.0469. The summed E-state index contributed by atoms with van der Waals surface area (Å²) in [6.45, 7) is 16.9. The van der Waals surface area contributed by atoms with Crippen molar-refractivity contribution in [3.8, 4) is 56.7 Å². The van der Waals surface area contributed by atoms with Crippen LogP contribution < -0.4 is 0 Å². The summed E-state index contributed by atoms with van der Waals surface area (Å²) in [4.78, 5) is 80.3. The Hall–Kier alpha value is -13.9. The predicted molar refractivity (Wildman–Crippen MR) is 385 cm³/mol. The van der Waals surface area contributed by atoms with E-state index in [9.17, 15) is 19.2 Å². The molecular weight excluding hydrogens is 1250 g/mol. The Morgan fingerprint density at radius 3 is 1.03 bits per heavy atom. The van der Waals surface area contributed by atoms with Crippen LogP contribution in [0.15, 0.2) is 285 Å². The molecule has 0 spiro atoms. The van der Waals surface area contributed by atoms with Crippen LogP contribution >= 0.6 is 0 Å². The third kappa shape index (κ3) is 12.6. The molecule has 0 saturated heterocycles. The Bertz CT molecular complexity index is 5560. The molecule has 0 aliphatic carbocycles. The maximum Gasteiger partial charge on any atom is 0.338 e. The van der Waals surface area contributed by atoms with E-state index in [1.807, 2.05) is 228 Å². The molecule has 0 fully saturated rings. The average Bonchev–Trinajstić information content (AvgIpc) is 1.56. The summed E-state index contributed by atoms with van der Waals surface area (Å²) in [5.74, 6) is -1.43. The number of carbonyl (C=O) groups is 4. The number of carbonyl (C=O) groups excluding carboxylic acids is 4. The maximum absolute atomic E-state index is 14.1. The van der Waals surface area contributed by atoms with Gasteiger partial charge in [-0.2, -0.15) is 0 Å². The van der Waals surface area contributed by atoms with E-state index in [4.69, 9.17) is 47.0 Å². The first-order valence-corrected chi connectivity index (χ1v) is 32.1. The van der Waals surface area contributed by atoms with Gasteiger partial charge in [0.1, 0.15) is 26.4 Å². The zero-order valence-electron chi connectivity index (χ0n) is 53.4. The zero-order chi connectivity index (χ0) is 68.1. The Morgan fingerprint density at radius 2 is 0.650 bits per heavy atom. The largest absolute Gasteiger partial charge is 0.457 e. The highest BCUT2D eigenvalue weighted by atomic mass is 16.5. The molecule has 0 aliphatic heterocycles. The number of ether oxygens (including phenoxy) is 4. The Balaban J connectivity index is 0.928. The van der Waals surface area contributed by atoms with Crippen molar-refractivity contribution in [2.75, 3.05) is 0 Å². The molecule has 15 rings (SSSR count). The van der Waals surface area contributed by atoms with Gasteiger partial charge in [0.15, 0.2) is 28.8 Å².